The number of fused-ring (bicyclic) bond motifs is 1. The molecule has 2 heterocycles. The summed E-state index contributed by atoms with van der Waals surface area (Å²) in [5.74, 6) is -3.75. The van der Waals surface area contributed by atoms with Crippen molar-refractivity contribution >= 4 is 54.7 Å². The van der Waals surface area contributed by atoms with Crippen LogP contribution in [-0.2, 0) is 25.5 Å². The topological polar surface area (TPSA) is 252 Å². The van der Waals surface area contributed by atoms with Gasteiger partial charge in [-0.05, 0) is 60.7 Å². The molecular weight excluding hydrogens is 659 g/mol. The van der Waals surface area contributed by atoms with Gasteiger partial charge in [0, 0.05) is 16.7 Å². The summed E-state index contributed by atoms with van der Waals surface area (Å²) in [5.41, 5.74) is -0.225. The Hall–Kier alpha value is -5.53. The summed E-state index contributed by atoms with van der Waals surface area (Å²) in [6, 6.07) is 11.3. The van der Waals surface area contributed by atoms with Crippen molar-refractivity contribution in [3.8, 4) is 11.4 Å². The van der Waals surface area contributed by atoms with Crippen LogP contribution in [0.3, 0.4) is 0 Å². The highest BCUT2D eigenvalue weighted by Crippen LogP contribution is 2.36. The number of nitrogens with one attached hydrogen (secondary N) is 2. The molecule has 0 aliphatic carbocycles. The summed E-state index contributed by atoms with van der Waals surface area (Å²) < 4.78 is 67.3. The third kappa shape index (κ3) is 6.86. The number of H-pyrrole nitrogens is 1. The van der Waals surface area contributed by atoms with Gasteiger partial charge in [0.05, 0.1) is 26.6 Å². The number of carboxylic acid groups (broad SMARTS) is 2. The molecule has 2 aromatic heterocycles. The van der Waals surface area contributed by atoms with Gasteiger partial charge in [0.1, 0.15) is 5.69 Å². The van der Waals surface area contributed by atoms with Crippen molar-refractivity contribution in [3.63, 3.8) is 0 Å². The summed E-state index contributed by atoms with van der Waals surface area (Å²) in [6.45, 7) is 5.67. The molecule has 5 rings (SSSR count). The van der Waals surface area contributed by atoms with Crippen LogP contribution in [0.2, 0.25) is 0 Å². The molecule has 0 unspecified atom stereocenters. The number of aromatic nitrogens is 4. The Morgan fingerprint density at radius 1 is 0.915 bits per heavy atom. The molecule has 16 nitrogen and oxygen atoms in total. The molecule has 244 valence electrons. The number of benzene rings is 3. The van der Waals surface area contributed by atoms with Gasteiger partial charge in [0.25, 0.3) is 10.0 Å². The van der Waals surface area contributed by atoms with Crippen LogP contribution in [0.1, 0.15) is 47.2 Å². The number of primary sulfonamides is 1. The highest BCUT2D eigenvalue weighted by atomic mass is 32.2. The van der Waals surface area contributed by atoms with Crippen LogP contribution in [0.5, 0.6) is 0 Å². The highest BCUT2D eigenvalue weighted by molar-refractivity contribution is 7.92. The predicted octanol–water partition coefficient (Wildman–Crippen LogP) is 4.42. The highest BCUT2D eigenvalue weighted by Gasteiger charge is 2.26. The predicted molar refractivity (Wildman–Crippen MR) is 165 cm³/mol. The zero-order chi connectivity index (χ0) is 34.5. The lowest BCUT2D eigenvalue weighted by Gasteiger charge is -2.16. The number of halogens is 1. The Balaban J connectivity index is 1.45. The number of aromatic carboxylic acids is 2. The number of azo groups is 1. The zero-order valence-electron chi connectivity index (χ0n) is 24.6. The van der Waals surface area contributed by atoms with Gasteiger partial charge in [0.2, 0.25) is 15.7 Å². The molecule has 0 spiro atoms. The molecule has 5 aromatic rings. The standard InChI is InChI=1S/C28H25FN8O8S2/c1-28(2,3)23-22(33-32-21-9-8-18(13-20(21)29)46(30,42)43)25-31-24(35-37(25)34-23)14-4-6-17(7-5-14)36-47(44,45)19-11-15(26(38)39)10-16(12-19)27(40)41/h4-13,34,36H,1-3H3,(H,38,39)(H,40,41)(H2,30,42,43). The first-order valence-electron chi connectivity index (χ1n) is 13.3. The van der Waals surface area contributed by atoms with Gasteiger partial charge >= 0.3 is 11.9 Å². The van der Waals surface area contributed by atoms with Crippen LogP contribution < -0.4 is 9.86 Å². The second-order valence-electron chi connectivity index (χ2n) is 11.2. The summed E-state index contributed by atoms with van der Waals surface area (Å²) in [5, 5.41) is 39.3. The number of nitrogens with two attached hydrogens (primary N) is 1. The van der Waals surface area contributed by atoms with E-state index in [1.54, 1.807) is 0 Å². The maximum Gasteiger partial charge on any atom is 0.335 e. The van der Waals surface area contributed by atoms with Crippen LogP contribution in [0.15, 0.2) is 80.7 Å². The number of rotatable bonds is 9. The number of carbonyl (C=O) groups is 2. The van der Waals surface area contributed by atoms with E-state index < -0.39 is 64.1 Å². The SMILES string of the molecule is CC(C)(C)c1[nH]n2nc(-c3ccc(NS(=O)(=O)c4cc(C(=O)O)cc(C(=O)O)c4)cc3)nc2c1N=Nc1ccc(S(N)(=O)=O)cc1F. The maximum atomic E-state index is 14.6. The number of carboxylic acids is 2. The van der Waals surface area contributed by atoms with Gasteiger partial charge in [-0.2, -0.15) is 4.63 Å². The Labute approximate surface area is 265 Å². The van der Waals surface area contributed by atoms with Gasteiger partial charge in [-0.25, -0.2) is 40.9 Å². The molecule has 47 heavy (non-hydrogen) atoms. The Morgan fingerprint density at radius 2 is 1.53 bits per heavy atom. The first-order valence-corrected chi connectivity index (χ1v) is 16.3. The van der Waals surface area contributed by atoms with E-state index in [-0.39, 0.29) is 28.5 Å². The lowest BCUT2D eigenvalue weighted by atomic mass is 9.91. The van der Waals surface area contributed by atoms with Crippen molar-refractivity contribution in [1.29, 1.82) is 0 Å². The van der Waals surface area contributed by atoms with Crippen molar-refractivity contribution in [3.05, 3.63) is 83.3 Å². The van der Waals surface area contributed by atoms with Crippen LogP contribution in [0, 0.1) is 5.82 Å². The molecule has 0 saturated heterocycles. The molecule has 6 N–H and O–H groups in total. The largest absolute Gasteiger partial charge is 0.478 e. The first kappa shape index (κ1) is 32.9. The minimum atomic E-state index is -4.38. The Kier molecular flexibility index (Phi) is 8.16. The summed E-state index contributed by atoms with van der Waals surface area (Å²) in [4.78, 5) is 26.4. The van der Waals surface area contributed by atoms with Crippen molar-refractivity contribution in [2.24, 2.45) is 15.4 Å². The van der Waals surface area contributed by atoms with Gasteiger partial charge in [-0.1, -0.05) is 20.8 Å². The summed E-state index contributed by atoms with van der Waals surface area (Å²) >= 11 is 0. The van der Waals surface area contributed by atoms with E-state index in [9.17, 15) is 41.0 Å². The van der Waals surface area contributed by atoms with Gasteiger partial charge < -0.3 is 10.2 Å². The molecule has 0 aliphatic heterocycles. The molecule has 19 heteroatoms. The lowest BCUT2D eigenvalue weighted by Crippen LogP contribution is -2.15. The molecule has 0 atom stereocenters. The van der Waals surface area contributed by atoms with Crippen LogP contribution in [0.4, 0.5) is 21.5 Å². The van der Waals surface area contributed by atoms with E-state index in [1.165, 1.54) is 28.9 Å². The Bertz CT molecular complexity index is 2290. The second kappa shape index (κ2) is 11.7. The maximum absolute atomic E-state index is 14.6. The number of anilines is 1. The van der Waals surface area contributed by atoms with Gasteiger partial charge in [-0.3, -0.25) is 9.82 Å². The van der Waals surface area contributed by atoms with Crippen molar-refractivity contribution in [2.75, 3.05) is 4.72 Å². The molecule has 0 radical (unpaired) electrons. The fourth-order valence-electron chi connectivity index (χ4n) is 4.31. The minimum absolute atomic E-state index is 0.0797. The van der Waals surface area contributed by atoms with E-state index in [0.717, 1.165) is 36.4 Å². The van der Waals surface area contributed by atoms with Crippen molar-refractivity contribution < 1.29 is 41.0 Å². The molecule has 0 amide bonds. The van der Waals surface area contributed by atoms with Crippen molar-refractivity contribution in [2.45, 2.75) is 36.0 Å². The van der Waals surface area contributed by atoms with Crippen molar-refractivity contribution in [1.82, 2.24) is 19.8 Å². The normalized spacial score (nSPS) is 12.5. The fourth-order valence-corrected chi connectivity index (χ4v) is 5.96. The van der Waals surface area contributed by atoms with Crippen LogP contribution in [0.25, 0.3) is 17.0 Å². The molecule has 0 saturated carbocycles. The number of aromatic amines is 1. The number of hydrogen-bond acceptors (Lipinski definition) is 10. The fraction of sp³-hybridized carbons (Fsp3) is 0.143. The molecule has 0 bridgehead atoms. The number of nitrogens with zero attached hydrogens (tertiary/aromatic N) is 5. The summed E-state index contributed by atoms with van der Waals surface area (Å²) in [7, 11) is -8.51. The van der Waals surface area contributed by atoms with E-state index >= 15 is 0 Å². The molecule has 0 fully saturated rings. The first-order chi connectivity index (χ1) is 21.8. The molecule has 0 aliphatic rings. The van der Waals surface area contributed by atoms with E-state index in [1.807, 2.05) is 20.8 Å². The number of sulfonamides is 2. The third-order valence-corrected chi connectivity index (χ3v) is 8.91. The lowest BCUT2D eigenvalue weighted by molar-refractivity contribution is 0.0696. The van der Waals surface area contributed by atoms with Crippen LogP contribution in [-0.4, -0.2) is 58.8 Å². The zero-order valence-corrected chi connectivity index (χ0v) is 26.3. The third-order valence-electron chi connectivity index (χ3n) is 6.63. The monoisotopic (exact) mass is 684 g/mol. The average Bonchev–Trinajstić information content (AvgIpc) is 3.55. The van der Waals surface area contributed by atoms with Gasteiger partial charge in [0.15, 0.2) is 17.3 Å². The van der Waals surface area contributed by atoms with E-state index in [4.69, 9.17) is 5.14 Å². The van der Waals surface area contributed by atoms with Gasteiger partial charge in [-0.15, -0.1) is 15.3 Å². The second-order valence-corrected chi connectivity index (χ2v) is 14.4. The molecular formula is C28H25FN8O8S2. The summed E-state index contributed by atoms with van der Waals surface area (Å²) in [6.07, 6.45) is 0. The number of hydrogen-bond donors (Lipinski definition) is 5. The average molecular weight is 685 g/mol. The van der Waals surface area contributed by atoms with E-state index in [0.29, 0.717) is 11.3 Å². The quantitative estimate of drug-likeness (QED) is 0.137. The van der Waals surface area contributed by atoms with Crippen LogP contribution >= 0.6 is 0 Å². The van der Waals surface area contributed by atoms with E-state index in [2.05, 4.69) is 30.1 Å². The minimum Gasteiger partial charge on any atom is -0.478 e. The molecule has 3 aromatic carbocycles. The smallest absolute Gasteiger partial charge is 0.335 e. The Morgan fingerprint density at radius 3 is 2.06 bits per heavy atom.